The van der Waals surface area contributed by atoms with Crippen LogP contribution in [0.4, 0.5) is 5.69 Å². The van der Waals surface area contributed by atoms with E-state index in [2.05, 4.69) is 0 Å². The van der Waals surface area contributed by atoms with E-state index in [1.807, 2.05) is 6.11 Å². The van der Waals surface area contributed by atoms with Crippen molar-refractivity contribution in [2.75, 3.05) is 6.66 Å². The molecule has 0 N–H and O–H groups in total. The van der Waals surface area contributed by atoms with Crippen molar-refractivity contribution in [3.05, 3.63) is 34.4 Å². The first kappa shape index (κ1) is 12.5. The Kier molecular flexibility index (Phi) is 3.88. The first-order chi connectivity index (χ1) is 7.44. The summed E-state index contributed by atoms with van der Waals surface area (Å²) in [5, 5.41) is 10.4. The summed E-state index contributed by atoms with van der Waals surface area (Å²) in [7, 11) is 0. The second-order valence-electron chi connectivity index (χ2n) is 2.82. The number of hydrogen-bond acceptors (Lipinski definition) is 5. The number of nitro benzene ring substituents is 1. The van der Waals surface area contributed by atoms with E-state index in [0.717, 1.165) is 0 Å². The van der Waals surface area contributed by atoms with Gasteiger partial charge in [-0.15, -0.1) is 0 Å². The fourth-order valence-electron chi connectivity index (χ4n) is 0.935. The molecule has 0 saturated heterocycles. The summed E-state index contributed by atoms with van der Waals surface area (Å²) in [6.45, 7) is -0.953. The maximum Gasteiger partial charge on any atom is 0.294 e. The van der Waals surface area contributed by atoms with Gasteiger partial charge in [0.05, 0.1) is 4.92 Å². The summed E-state index contributed by atoms with van der Waals surface area (Å²) in [6, 6.07) is 5.53. The average molecular weight is 261 g/mol. The van der Waals surface area contributed by atoms with Gasteiger partial charge in [-0.05, 0) is 23.9 Å². The largest absolute Gasteiger partial charge is 0.435 e. The molecule has 1 aromatic carbocycles. The van der Waals surface area contributed by atoms with E-state index in [0.29, 0.717) is 5.75 Å². The van der Waals surface area contributed by atoms with Gasteiger partial charge in [-0.2, -0.15) is 0 Å². The number of non-ortho nitro benzene ring substituents is 1. The highest BCUT2D eigenvalue weighted by molar-refractivity contribution is 8.09. The van der Waals surface area contributed by atoms with Gasteiger partial charge in [0, 0.05) is 21.7 Å². The van der Waals surface area contributed by atoms with Crippen molar-refractivity contribution in [2.45, 2.75) is 0 Å². The maximum absolute atomic E-state index is 10.4. The molecule has 16 heavy (non-hydrogen) atoms. The Balaban J connectivity index is 0. The molecular weight excluding hydrogens is 249 g/mol. The lowest BCUT2D eigenvalue weighted by Crippen LogP contribution is -1.93. The summed E-state index contributed by atoms with van der Waals surface area (Å²) >= 11 is 5.00. The van der Waals surface area contributed by atoms with E-state index in [1.54, 1.807) is 6.66 Å². The number of rotatable bonds is 4. The number of hydrogen-bond donors (Lipinski definition) is 0. The summed E-state index contributed by atoms with van der Waals surface area (Å²) < 4.78 is 10.1. The highest BCUT2D eigenvalue weighted by Crippen LogP contribution is 2.44. The molecule has 0 aliphatic heterocycles. The Morgan fingerprint density at radius 1 is 1.56 bits per heavy atom. The van der Waals surface area contributed by atoms with E-state index in [4.69, 9.17) is 27.3 Å². The molecule has 1 rings (SSSR count). The summed E-state index contributed by atoms with van der Waals surface area (Å²) in [4.78, 5) is 9.90. The summed E-state index contributed by atoms with van der Waals surface area (Å²) in [5.41, 5.74) is -0.0189. The lowest BCUT2D eigenvalue weighted by atomic mass is 10.3. The quantitative estimate of drug-likeness (QED) is 0.361. The zero-order valence-electron chi connectivity index (χ0n) is 8.32. The van der Waals surface area contributed by atoms with Crippen LogP contribution in [0.15, 0.2) is 24.3 Å². The molecule has 0 heterocycles. The van der Waals surface area contributed by atoms with Gasteiger partial charge in [-0.1, -0.05) is 6.42 Å². The van der Waals surface area contributed by atoms with Crippen LogP contribution in [-0.2, 0) is 16.3 Å². The fraction of sp³-hybridized carbons (Fsp3) is 0.111. The molecule has 0 amide bonds. The number of benzene rings is 1. The van der Waals surface area contributed by atoms with Crippen LogP contribution in [0.2, 0.25) is 0 Å². The standard InChI is InChI=1S/C9H8NO4PS.2H2/c1-3-13-15(2,16)14-9-6-4-8(5-7-9)10(11)12;;/h1,4-7H,2H3;2*1H. The van der Waals surface area contributed by atoms with Gasteiger partial charge in [0.2, 0.25) is 0 Å². The van der Waals surface area contributed by atoms with Crippen molar-refractivity contribution < 1.29 is 16.8 Å². The summed E-state index contributed by atoms with van der Waals surface area (Å²) in [6.07, 6.45) is 6.92. The molecule has 0 bridgehead atoms. The molecule has 0 radical (unpaired) electrons. The van der Waals surface area contributed by atoms with Gasteiger partial charge in [0.15, 0.2) is 0 Å². The molecule has 0 aromatic heterocycles. The first-order valence-corrected chi connectivity index (χ1v) is 7.19. The highest BCUT2D eigenvalue weighted by Gasteiger charge is 2.13. The van der Waals surface area contributed by atoms with E-state index in [1.165, 1.54) is 24.3 Å². The van der Waals surface area contributed by atoms with E-state index in [9.17, 15) is 10.1 Å². The Morgan fingerprint density at radius 3 is 2.56 bits per heavy atom. The van der Waals surface area contributed by atoms with Gasteiger partial charge in [0.1, 0.15) is 11.9 Å². The number of nitrogens with zero attached hydrogens (tertiary/aromatic N) is 1. The first-order valence-electron chi connectivity index (χ1n) is 4.10. The lowest BCUT2D eigenvalue weighted by Gasteiger charge is -2.15. The minimum Gasteiger partial charge on any atom is -0.435 e. The normalized spacial score (nSPS) is 13.2. The van der Waals surface area contributed by atoms with Crippen molar-refractivity contribution in [1.82, 2.24) is 0 Å². The van der Waals surface area contributed by atoms with Crippen LogP contribution in [0.3, 0.4) is 0 Å². The molecule has 88 valence electrons. The zero-order valence-corrected chi connectivity index (χ0v) is 10.0. The van der Waals surface area contributed by atoms with Gasteiger partial charge in [-0.25, -0.2) is 0 Å². The van der Waals surface area contributed by atoms with Crippen LogP contribution in [0.5, 0.6) is 5.75 Å². The van der Waals surface area contributed by atoms with Crippen LogP contribution < -0.4 is 4.52 Å². The van der Waals surface area contributed by atoms with Crippen molar-refractivity contribution in [3.63, 3.8) is 0 Å². The molecule has 1 aromatic rings. The molecule has 0 aliphatic carbocycles. The number of terminal acetylenes is 1. The van der Waals surface area contributed by atoms with Gasteiger partial charge >= 0.3 is 0 Å². The smallest absolute Gasteiger partial charge is 0.294 e. The third-order valence-corrected chi connectivity index (χ3v) is 2.96. The van der Waals surface area contributed by atoms with Crippen molar-refractivity contribution in [2.24, 2.45) is 0 Å². The third kappa shape index (κ3) is 3.54. The average Bonchev–Trinajstić information content (AvgIpc) is 2.17. The SMILES string of the molecule is C#COP(C)(=S)Oc1ccc([N+](=O)[O-])cc1.[HH].[HH]. The molecule has 7 heteroatoms. The molecule has 0 spiro atoms. The number of nitro groups is 1. The van der Waals surface area contributed by atoms with Gasteiger partial charge in [0.25, 0.3) is 12.2 Å². The zero-order chi connectivity index (χ0) is 12.2. The van der Waals surface area contributed by atoms with Crippen LogP contribution in [0.1, 0.15) is 2.85 Å². The summed E-state index contributed by atoms with van der Waals surface area (Å²) in [5.74, 6) is 0.395. The highest BCUT2D eigenvalue weighted by atomic mass is 32.5. The van der Waals surface area contributed by atoms with E-state index >= 15 is 0 Å². The maximum atomic E-state index is 10.4. The van der Waals surface area contributed by atoms with Crippen molar-refractivity contribution in [1.29, 1.82) is 0 Å². The topological polar surface area (TPSA) is 61.6 Å². The van der Waals surface area contributed by atoms with Gasteiger partial charge < -0.3 is 9.05 Å². The van der Waals surface area contributed by atoms with Gasteiger partial charge in [-0.3, -0.25) is 10.1 Å². The van der Waals surface area contributed by atoms with E-state index in [-0.39, 0.29) is 8.54 Å². The molecule has 1 atom stereocenters. The predicted molar refractivity (Wildman–Crippen MR) is 68.1 cm³/mol. The minimum atomic E-state index is -2.53. The molecule has 1 unspecified atom stereocenters. The molecule has 0 aliphatic rings. The second-order valence-corrected chi connectivity index (χ2v) is 6.72. The Labute approximate surface area is 101 Å². The molecule has 0 fully saturated rings. The Bertz CT molecular complexity index is 488. The predicted octanol–water partition coefficient (Wildman–Crippen LogP) is 3.01. The molecule has 5 nitrogen and oxygen atoms in total. The molecule has 0 saturated carbocycles. The fourth-order valence-corrected chi connectivity index (χ4v) is 2.06. The third-order valence-electron chi connectivity index (χ3n) is 1.54. The van der Waals surface area contributed by atoms with Crippen molar-refractivity contribution in [3.8, 4) is 18.3 Å². The minimum absolute atomic E-state index is 0. The molecular formula is C9H12NO4PS. The Morgan fingerprint density at radius 2 is 2.12 bits per heavy atom. The Hall–Kier alpha value is -1.57. The van der Waals surface area contributed by atoms with Crippen LogP contribution in [-0.4, -0.2) is 11.6 Å². The lowest BCUT2D eigenvalue weighted by molar-refractivity contribution is -0.384. The van der Waals surface area contributed by atoms with Crippen molar-refractivity contribution >= 4 is 24.0 Å². The van der Waals surface area contributed by atoms with E-state index < -0.39 is 11.4 Å². The van der Waals surface area contributed by atoms with Crippen LogP contribution in [0.25, 0.3) is 0 Å². The monoisotopic (exact) mass is 261 g/mol. The van der Waals surface area contributed by atoms with Crippen LogP contribution >= 0.6 is 6.49 Å². The second kappa shape index (κ2) is 4.97. The van der Waals surface area contributed by atoms with Crippen LogP contribution in [0, 0.1) is 22.6 Å².